The van der Waals surface area contributed by atoms with Crippen LogP contribution in [0.2, 0.25) is 5.28 Å². The lowest BCUT2D eigenvalue weighted by molar-refractivity contribution is 0.0519. The Labute approximate surface area is 78.7 Å². The van der Waals surface area contributed by atoms with E-state index >= 15 is 0 Å². The van der Waals surface area contributed by atoms with E-state index in [4.69, 9.17) is 11.6 Å². The second-order valence-corrected chi connectivity index (χ2v) is 2.50. The zero-order chi connectivity index (χ0) is 9.84. The number of nitrogens with zero attached hydrogens (tertiary/aromatic N) is 1. The third-order valence-corrected chi connectivity index (χ3v) is 1.38. The fraction of sp³-hybridized carbons (Fsp3) is 0.286. The van der Waals surface area contributed by atoms with E-state index in [0.717, 1.165) is 6.07 Å². The van der Waals surface area contributed by atoms with Gasteiger partial charge >= 0.3 is 5.97 Å². The van der Waals surface area contributed by atoms with Crippen LogP contribution in [-0.2, 0) is 4.74 Å². The summed E-state index contributed by atoms with van der Waals surface area (Å²) in [6.07, 6.45) is 0. The Morgan fingerprint density at radius 2 is 2.46 bits per heavy atom. The molecule has 6 heteroatoms. The highest BCUT2D eigenvalue weighted by atomic mass is 35.5. The van der Waals surface area contributed by atoms with Crippen molar-refractivity contribution in [2.24, 2.45) is 0 Å². The largest absolute Gasteiger partial charge is 0.461 e. The zero-order valence-electron chi connectivity index (χ0n) is 6.83. The number of halogens is 1. The molecule has 0 radical (unpaired) electrons. The molecule has 1 heterocycles. The molecule has 0 atom stereocenters. The van der Waals surface area contributed by atoms with E-state index in [1.54, 1.807) is 6.92 Å². The Morgan fingerprint density at radius 1 is 1.77 bits per heavy atom. The second kappa shape index (κ2) is 4.04. The summed E-state index contributed by atoms with van der Waals surface area (Å²) < 4.78 is 4.63. The number of esters is 1. The molecule has 1 N–H and O–H groups in total. The minimum atomic E-state index is -0.657. The van der Waals surface area contributed by atoms with Crippen molar-refractivity contribution in [3.63, 3.8) is 0 Å². The smallest absolute Gasteiger partial charge is 0.357 e. The number of rotatable bonds is 2. The van der Waals surface area contributed by atoms with Crippen molar-refractivity contribution in [2.75, 3.05) is 6.61 Å². The highest BCUT2D eigenvalue weighted by Gasteiger charge is 2.09. The second-order valence-electron chi connectivity index (χ2n) is 2.14. The molecule has 0 unspecified atom stereocenters. The van der Waals surface area contributed by atoms with Gasteiger partial charge in [0.25, 0.3) is 5.56 Å². The van der Waals surface area contributed by atoms with Crippen LogP contribution in [0.25, 0.3) is 0 Å². The number of nitrogens with one attached hydrogen (secondary N) is 1. The first-order valence-corrected chi connectivity index (χ1v) is 3.95. The van der Waals surface area contributed by atoms with Gasteiger partial charge in [-0.15, -0.1) is 0 Å². The number of aromatic amines is 1. The maximum absolute atomic E-state index is 11.1. The molecule has 5 nitrogen and oxygen atoms in total. The van der Waals surface area contributed by atoms with Crippen molar-refractivity contribution in [1.29, 1.82) is 0 Å². The Kier molecular flexibility index (Phi) is 3.02. The Bertz CT molecular complexity index is 374. The third kappa shape index (κ3) is 2.55. The zero-order valence-corrected chi connectivity index (χ0v) is 7.59. The SMILES string of the molecule is CCOC(=O)c1cc(=O)[nH]c(Cl)n1. The van der Waals surface area contributed by atoms with E-state index in [-0.39, 0.29) is 17.6 Å². The van der Waals surface area contributed by atoms with E-state index in [2.05, 4.69) is 14.7 Å². The molecule has 0 bridgehead atoms. The molecule has 0 fully saturated rings. The van der Waals surface area contributed by atoms with E-state index in [9.17, 15) is 9.59 Å². The minimum Gasteiger partial charge on any atom is -0.461 e. The van der Waals surface area contributed by atoms with E-state index in [1.807, 2.05) is 0 Å². The topological polar surface area (TPSA) is 72.1 Å². The van der Waals surface area contributed by atoms with Crippen LogP contribution in [0.4, 0.5) is 0 Å². The first-order valence-electron chi connectivity index (χ1n) is 3.57. The summed E-state index contributed by atoms with van der Waals surface area (Å²) in [4.78, 5) is 27.7. The molecule has 0 spiro atoms. The van der Waals surface area contributed by atoms with Crippen molar-refractivity contribution >= 4 is 17.6 Å². The predicted molar refractivity (Wildman–Crippen MR) is 45.8 cm³/mol. The van der Waals surface area contributed by atoms with Crippen LogP contribution in [0.5, 0.6) is 0 Å². The molecular formula is C7H7ClN2O3. The van der Waals surface area contributed by atoms with Gasteiger partial charge in [-0.05, 0) is 18.5 Å². The summed E-state index contributed by atoms with van der Waals surface area (Å²) in [5.41, 5.74) is -0.571. The number of hydrogen-bond acceptors (Lipinski definition) is 4. The van der Waals surface area contributed by atoms with Crippen molar-refractivity contribution in [1.82, 2.24) is 9.97 Å². The number of hydrogen-bond donors (Lipinski definition) is 1. The fourth-order valence-corrected chi connectivity index (χ4v) is 0.922. The van der Waals surface area contributed by atoms with Crippen molar-refractivity contribution in [3.8, 4) is 0 Å². The molecule has 1 aromatic heterocycles. The van der Waals surface area contributed by atoms with Gasteiger partial charge < -0.3 is 4.74 Å². The monoisotopic (exact) mass is 202 g/mol. The fourth-order valence-electron chi connectivity index (χ4n) is 0.738. The van der Waals surface area contributed by atoms with Crippen LogP contribution in [0.15, 0.2) is 10.9 Å². The molecule has 0 aliphatic heterocycles. The number of ether oxygens (including phenoxy) is 1. The minimum absolute atomic E-state index is 0.0874. The lowest BCUT2D eigenvalue weighted by Crippen LogP contribution is -2.14. The molecular weight excluding hydrogens is 196 g/mol. The number of H-pyrrole nitrogens is 1. The van der Waals surface area contributed by atoms with Gasteiger partial charge in [-0.25, -0.2) is 9.78 Å². The molecule has 0 aliphatic rings. The summed E-state index contributed by atoms with van der Waals surface area (Å²) in [5, 5.41) is -0.129. The van der Waals surface area contributed by atoms with Gasteiger partial charge in [-0.1, -0.05) is 0 Å². The van der Waals surface area contributed by atoms with E-state index < -0.39 is 11.5 Å². The average Bonchev–Trinajstić information content (AvgIpc) is 2.03. The first kappa shape index (κ1) is 9.73. The molecule has 0 aliphatic carbocycles. The molecule has 0 amide bonds. The molecule has 70 valence electrons. The van der Waals surface area contributed by atoms with Gasteiger partial charge in [0.05, 0.1) is 6.61 Å². The standard InChI is InChI=1S/C7H7ClN2O3/c1-2-13-6(12)4-3-5(11)10-7(8)9-4/h3H,2H2,1H3,(H,9,10,11). The van der Waals surface area contributed by atoms with Crippen molar-refractivity contribution < 1.29 is 9.53 Å². The number of carbonyl (C=O) groups is 1. The maximum atomic E-state index is 11.1. The summed E-state index contributed by atoms with van der Waals surface area (Å²) in [6.45, 7) is 1.89. The first-order chi connectivity index (χ1) is 6.13. The lowest BCUT2D eigenvalue weighted by atomic mass is 10.4. The summed E-state index contributed by atoms with van der Waals surface area (Å²) in [6, 6.07) is 1.03. The highest BCUT2D eigenvalue weighted by Crippen LogP contribution is 1.99. The molecule has 13 heavy (non-hydrogen) atoms. The quantitative estimate of drug-likeness (QED) is 0.563. The van der Waals surface area contributed by atoms with Crippen LogP contribution < -0.4 is 5.56 Å². The molecule has 1 rings (SSSR count). The molecule has 0 aromatic carbocycles. The van der Waals surface area contributed by atoms with Crippen molar-refractivity contribution in [2.45, 2.75) is 6.92 Å². The van der Waals surface area contributed by atoms with Gasteiger partial charge in [-0.2, -0.15) is 0 Å². The molecule has 0 saturated heterocycles. The van der Waals surface area contributed by atoms with E-state index in [0.29, 0.717) is 0 Å². The normalized spacial score (nSPS) is 9.69. The third-order valence-electron chi connectivity index (χ3n) is 1.20. The van der Waals surface area contributed by atoms with Gasteiger partial charge in [0, 0.05) is 6.07 Å². The van der Waals surface area contributed by atoms with Gasteiger partial charge in [0.1, 0.15) is 0 Å². The summed E-state index contributed by atoms with van der Waals surface area (Å²) in [7, 11) is 0. The van der Waals surface area contributed by atoms with Gasteiger partial charge in [0.2, 0.25) is 5.28 Å². The maximum Gasteiger partial charge on any atom is 0.357 e. The number of aromatic nitrogens is 2. The number of carbonyl (C=O) groups excluding carboxylic acids is 1. The van der Waals surface area contributed by atoms with E-state index in [1.165, 1.54) is 0 Å². The highest BCUT2D eigenvalue weighted by molar-refractivity contribution is 6.28. The van der Waals surface area contributed by atoms with Gasteiger partial charge in [-0.3, -0.25) is 9.78 Å². The van der Waals surface area contributed by atoms with Crippen LogP contribution in [0.1, 0.15) is 17.4 Å². The Hall–Kier alpha value is -1.36. The van der Waals surface area contributed by atoms with Crippen molar-refractivity contribution in [3.05, 3.63) is 27.4 Å². The Balaban J connectivity index is 3.01. The van der Waals surface area contributed by atoms with Crippen LogP contribution in [-0.4, -0.2) is 22.5 Å². The average molecular weight is 203 g/mol. The Morgan fingerprint density at radius 3 is 3.00 bits per heavy atom. The van der Waals surface area contributed by atoms with Crippen LogP contribution in [0, 0.1) is 0 Å². The predicted octanol–water partition coefficient (Wildman–Crippen LogP) is 0.600. The van der Waals surface area contributed by atoms with Crippen LogP contribution >= 0.6 is 11.6 Å². The lowest BCUT2D eigenvalue weighted by Gasteiger charge is -1.99. The molecule has 1 aromatic rings. The van der Waals surface area contributed by atoms with Crippen LogP contribution in [0.3, 0.4) is 0 Å². The molecule has 0 saturated carbocycles. The summed E-state index contributed by atoms with van der Waals surface area (Å²) in [5.74, 6) is -0.657. The summed E-state index contributed by atoms with van der Waals surface area (Å²) >= 11 is 5.42. The van der Waals surface area contributed by atoms with Gasteiger partial charge in [0.15, 0.2) is 5.69 Å².